The lowest BCUT2D eigenvalue weighted by molar-refractivity contribution is -0.141. The van der Waals surface area contributed by atoms with Gasteiger partial charge < -0.3 is 14.0 Å². The summed E-state index contributed by atoms with van der Waals surface area (Å²) >= 11 is 2.73. The van der Waals surface area contributed by atoms with E-state index in [0.29, 0.717) is 42.7 Å². The van der Waals surface area contributed by atoms with Crippen molar-refractivity contribution >= 4 is 61.6 Å². The Hall–Kier alpha value is -4.15. The number of ether oxygens (including phenoxy) is 2. The van der Waals surface area contributed by atoms with Crippen LogP contribution in [-0.4, -0.2) is 41.6 Å². The highest BCUT2D eigenvalue weighted by atomic mass is 32.1. The quantitative estimate of drug-likeness (QED) is 0.314. The largest absolute Gasteiger partial charge is 0.468 e. The Kier molecular flexibility index (Phi) is 6.45. The Morgan fingerprint density at radius 1 is 1.00 bits per heavy atom. The van der Waals surface area contributed by atoms with Gasteiger partial charge in [0.15, 0.2) is 4.80 Å². The van der Waals surface area contributed by atoms with E-state index < -0.39 is 17.8 Å². The van der Waals surface area contributed by atoms with Gasteiger partial charge in [0.1, 0.15) is 6.54 Å². The number of esters is 2. The number of thiazole rings is 1. The van der Waals surface area contributed by atoms with E-state index >= 15 is 0 Å². The molecule has 2 aromatic carbocycles. The molecule has 0 bridgehead atoms. The van der Waals surface area contributed by atoms with Gasteiger partial charge in [-0.2, -0.15) is 4.99 Å². The fourth-order valence-electron chi connectivity index (χ4n) is 3.80. The lowest BCUT2D eigenvalue weighted by atomic mass is 10.1. The lowest BCUT2D eigenvalue weighted by Gasteiger charge is -2.07. The van der Waals surface area contributed by atoms with E-state index in [2.05, 4.69) is 4.99 Å². The second-order valence-corrected chi connectivity index (χ2v) is 9.64. The molecule has 10 heteroatoms. The van der Waals surface area contributed by atoms with Crippen molar-refractivity contribution in [1.82, 2.24) is 9.55 Å². The molecule has 8 nitrogen and oxygen atoms in total. The summed E-state index contributed by atoms with van der Waals surface area (Å²) in [6.07, 6.45) is 0. The number of carbonyl (C=O) groups is 3. The van der Waals surface area contributed by atoms with Gasteiger partial charge in [0.05, 0.1) is 51.7 Å². The van der Waals surface area contributed by atoms with Gasteiger partial charge in [0, 0.05) is 5.39 Å². The topological polar surface area (TPSA) is 99.9 Å². The summed E-state index contributed by atoms with van der Waals surface area (Å²) in [6.45, 7) is -0.141. The van der Waals surface area contributed by atoms with E-state index in [9.17, 15) is 14.4 Å². The van der Waals surface area contributed by atoms with Crippen LogP contribution in [0.3, 0.4) is 0 Å². The van der Waals surface area contributed by atoms with Crippen molar-refractivity contribution in [3.63, 3.8) is 0 Å². The van der Waals surface area contributed by atoms with Crippen LogP contribution in [0.15, 0.2) is 71.0 Å². The number of methoxy groups -OCH3 is 2. The lowest BCUT2D eigenvalue weighted by Crippen LogP contribution is -2.22. The second kappa shape index (κ2) is 9.84. The fraction of sp³-hybridized carbons (Fsp3) is 0.115. The zero-order valence-corrected chi connectivity index (χ0v) is 20.9. The van der Waals surface area contributed by atoms with Crippen molar-refractivity contribution in [3.8, 4) is 10.6 Å². The summed E-state index contributed by atoms with van der Waals surface area (Å²) < 4.78 is 11.9. The van der Waals surface area contributed by atoms with E-state index in [-0.39, 0.29) is 6.54 Å². The van der Waals surface area contributed by atoms with Crippen molar-refractivity contribution in [3.05, 3.63) is 82.0 Å². The van der Waals surface area contributed by atoms with Gasteiger partial charge >= 0.3 is 11.9 Å². The number of hydrogen-bond donors (Lipinski definition) is 0. The molecule has 0 spiro atoms. The Morgan fingerprint density at radius 2 is 1.83 bits per heavy atom. The van der Waals surface area contributed by atoms with Crippen molar-refractivity contribution < 1.29 is 23.9 Å². The predicted octanol–water partition coefficient (Wildman–Crippen LogP) is 4.68. The number of amides is 1. The average molecular weight is 518 g/mol. The van der Waals surface area contributed by atoms with Crippen LogP contribution in [0.4, 0.5) is 0 Å². The first-order chi connectivity index (χ1) is 17.5. The number of rotatable bonds is 5. The summed E-state index contributed by atoms with van der Waals surface area (Å²) in [5, 5.41) is 2.63. The molecule has 3 heterocycles. The number of pyridine rings is 1. The maximum Gasteiger partial charge on any atom is 0.337 e. The summed E-state index contributed by atoms with van der Waals surface area (Å²) in [5.41, 5.74) is 2.77. The van der Waals surface area contributed by atoms with E-state index in [0.717, 1.165) is 4.88 Å². The standard InChI is InChI=1S/C26H19N3O5S2/c1-33-23(30)14-29-20-10-9-15(25(32)34-2)12-22(20)36-26(29)28-24(31)17-13-19(21-8-5-11-35-21)27-18-7-4-3-6-16(17)18/h3-13H,14H2,1-2H3. The van der Waals surface area contributed by atoms with Gasteiger partial charge in [-0.15, -0.1) is 11.3 Å². The number of para-hydroxylation sites is 1. The van der Waals surface area contributed by atoms with E-state index in [1.807, 2.05) is 41.8 Å². The third-order valence-electron chi connectivity index (χ3n) is 5.54. The van der Waals surface area contributed by atoms with Crippen LogP contribution in [0.2, 0.25) is 0 Å². The highest BCUT2D eigenvalue weighted by Gasteiger charge is 2.17. The third kappa shape index (κ3) is 4.43. The molecule has 0 radical (unpaired) electrons. The number of thiophene rings is 1. The van der Waals surface area contributed by atoms with Crippen LogP contribution in [0.25, 0.3) is 31.7 Å². The molecule has 5 aromatic rings. The van der Waals surface area contributed by atoms with Crippen molar-refractivity contribution in [2.75, 3.05) is 14.2 Å². The van der Waals surface area contributed by atoms with Gasteiger partial charge in [-0.05, 0) is 41.8 Å². The molecule has 0 atom stereocenters. The summed E-state index contributed by atoms with van der Waals surface area (Å²) in [6, 6.07) is 18.0. The monoisotopic (exact) mass is 517 g/mol. The van der Waals surface area contributed by atoms with Gasteiger partial charge in [0.25, 0.3) is 5.91 Å². The Morgan fingerprint density at radius 3 is 2.58 bits per heavy atom. The number of benzene rings is 2. The molecular weight excluding hydrogens is 498 g/mol. The van der Waals surface area contributed by atoms with Crippen LogP contribution in [0.5, 0.6) is 0 Å². The van der Waals surface area contributed by atoms with E-state index in [1.165, 1.54) is 36.9 Å². The van der Waals surface area contributed by atoms with E-state index in [4.69, 9.17) is 14.5 Å². The first kappa shape index (κ1) is 23.6. The molecule has 180 valence electrons. The van der Waals surface area contributed by atoms with Gasteiger partial charge in [0.2, 0.25) is 0 Å². The van der Waals surface area contributed by atoms with Crippen LogP contribution < -0.4 is 4.80 Å². The van der Waals surface area contributed by atoms with Gasteiger partial charge in [-0.3, -0.25) is 9.59 Å². The summed E-state index contributed by atoms with van der Waals surface area (Å²) in [4.78, 5) is 48.1. The number of carbonyl (C=O) groups excluding carboxylic acids is 3. The number of hydrogen-bond acceptors (Lipinski definition) is 8. The van der Waals surface area contributed by atoms with Gasteiger partial charge in [-0.25, -0.2) is 9.78 Å². The predicted molar refractivity (Wildman–Crippen MR) is 138 cm³/mol. The SMILES string of the molecule is COC(=O)Cn1c(=NC(=O)c2cc(-c3cccs3)nc3ccccc23)sc2cc(C(=O)OC)ccc21. The maximum atomic E-state index is 13.6. The number of nitrogens with zero attached hydrogens (tertiary/aromatic N) is 3. The molecule has 0 fully saturated rings. The molecular formula is C26H19N3O5S2. The van der Waals surface area contributed by atoms with Crippen molar-refractivity contribution in [2.45, 2.75) is 6.54 Å². The van der Waals surface area contributed by atoms with Crippen molar-refractivity contribution in [2.24, 2.45) is 4.99 Å². The third-order valence-corrected chi connectivity index (χ3v) is 7.47. The zero-order chi connectivity index (χ0) is 25.2. The molecule has 0 aliphatic rings. The van der Waals surface area contributed by atoms with Gasteiger partial charge in [-0.1, -0.05) is 35.6 Å². The second-order valence-electron chi connectivity index (χ2n) is 7.69. The van der Waals surface area contributed by atoms with Crippen LogP contribution in [-0.2, 0) is 20.8 Å². The molecule has 36 heavy (non-hydrogen) atoms. The molecule has 0 saturated heterocycles. The molecule has 3 aromatic heterocycles. The van der Waals surface area contributed by atoms with Crippen LogP contribution in [0, 0.1) is 0 Å². The first-order valence-electron chi connectivity index (χ1n) is 10.8. The zero-order valence-electron chi connectivity index (χ0n) is 19.3. The molecule has 5 rings (SSSR count). The molecule has 0 aliphatic carbocycles. The normalized spacial score (nSPS) is 11.7. The smallest absolute Gasteiger partial charge is 0.337 e. The Bertz CT molecular complexity index is 1700. The fourth-order valence-corrected chi connectivity index (χ4v) is 5.55. The van der Waals surface area contributed by atoms with Crippen molar-refractivity contribution in [1.29, 1.82) is 0 Å². The highest BCUT2D eigenvalue weighted by Crippen LogP contribution is 2.28. The molecule has 0 saturated carbocycles. The summed E-state index contributed by atoms with van der Waals surface area (Å²) in [5.74, 6) is -1.44. The Balaban J connectivity index is 1.69. The highest BCUT2D eigenvalue weighted by molar-refractivity contribution is 7.16. The van der Waals surface area contributed by atoms with Crippen LogP contribution in [0.1, 0.15) is 20.7 Å². The first-order valence-corrected chi connectivity index (χ1v) is 12.5. The average Bonchev–Trinajstić information content (AvgIpc) is 3.56. The van der Waals surface area contributed by atoms with Crippen LogP contribution >= 0.6 is 22.7 Å². The molecule has 0 aliphatic heterocycles. The molecule has 0 unspecified atom stereocenters. The molecule has 1 amide bonds. The maximum absolute atomic E-state index is 13.6. The Labute approximate surface area is 213 Å². The van der Waals surface area contributed by atoms with E-state index in [1.54, 1.807) is 28.8 Å². The molecule has 0 N–H and O–H groups in total. The minimum absolute atomic E-state index is 0.141. The minimum Gasteiger partial charge on any atom is -0.468 e. The minimum atomic E-state index is -0.491. The number of fused-ring (bicyclic) bond motifs is 2. The summed E-state index contributed by atoms with van der Waals surface area (Å²) in [7, 11) is 2.60. The number of aromatic nitrogens is 2.